The highest BCUT2D eigenvalue weighted by atomic mass is 35.5. The molecule has 2 N–H and O–H groups in total. The van der Waals surface area contributed by atoms with E-state index in [1.54, 1.807) is 18.2 Å². The summed E-state index contributed by atoms with van der Waals surface area (Å²) in [7, 11) is 5.42. The van der Waals surface area contributed by atoms with E-state index in [0.717, 1.165) is 31.0 Å². The third-order valence-electron chi connectivity index (χ3n) is 3.58. The van der Waals surface area contributed by atoms with Crippen molar-refractivity contribution in [3.63, 3.8) is 0 Å². The Hall–Kier alpha value is -2.38. The number of hydrogen-bond acceptors (Lipinski definition) is 7. The number of aryl methyl sites for hydroxylation is 1. The van der Waals surface area contributed by atoms with Gasteiger partial charge in [0.1, 0.15) is 5.82 Å². The van der Waals surface area contributed by atoms with E-state index in [1.807, 2.05) is 27.1 Å². The van der Waals surface area contributed by atoms with E-state index >= 15 is 0 Å². The molecule has 0 atom stereocenters. The summed E-state index contributed by atoms with van der Waals surface area (Å²) in [5.41, 5.74) is 1.76. The summed E-state index contributed by atoms with van der Waals surface area (Å²) in [4.78, 5) is 22.7. The molecule has 0 unspecified atom stereocenters. The van der Waals surface area contributed by atoms with Crippen LogP contribution in [0.3, 0.4) is 0 Å². The highest BCUT2D eigenvalue weighted by Gasteiger charge is 2.11. The predicted octanol–water partition coefficient (Wildman–Crippen LogP) is 3.33. The second kappa shape index (κ2) is 9.35. The number of ether oxygens (including phenoxy) is 1. The van der Waals surface area contributed by atoms with E-state index in [0.29, 0.717) is 22.2 Å². The molecule has 2 aromatic rings. The molecule has 0 spiro atoms. The van der Waals surface area contributed by atoms with E-state index in [1.165, 1.54) is 7.11 Å². The van der Waals surface area contributed by atoms with Crippen molar-refractivity contribution in [2.75, 3.05) is 44.9 Å². The highest BCUT2D eigenvalue weighted by Crippen LogP contribution is 2.26. The number of rotatable bonds is 8. The van der Waals surface area contributed by atoms with Gasteiger partial charge in [-0.2, -0.15) is 4.98 Å². The molecule has 1 heterocycles. The van der Waals surface area contributed by atoms with Gasteiger partial charge in [-0.1, -0.05) is 11.6 Å². The van der Waals surface area contributed by atoms with Crippen LogP contribution in [-0.4, -0.2) is 55.1 Å². The molecule has 0 saturated heterocycles. The fourth-order valence-corrected chi connectivity index (χ4v) is 2.48. The van der Waals surface area contributed by atoms with Crippen LogP contribution in [0.1, 0.15) is 22.5 Å². The van der Waals surface area contributed by atoms with E-state index in [9.17, 15) is 4.79 Å². The van der Waals surface area contributed by atoms with Gasteiger partial charge in [0, 0.05) is 18.3 Å². The number of nitrogens with zero attached hydrogens (tertiary/aromatic N) is 3. The fraction of sp³-hybridized carbons (Fsp3) is 0.389. The van der Waals surface area contributed by atoms with Crippen molar-refractivity contribution < 1.29 is 9.53 Å². The molecule has 0 aliphatic heterocycles. The first-order valence-electron chi connectivity index (χ1n) is 8.28. The van der Waals surface area contributed by atoms with Gasteiger partial charge in [-0.3, -0.25) is 0 Å². The fourth-order valence-electron chi connectivity index (χ4n) is 2.31. The molecule has 0 bridgehead atoms. The molecule has 1 aromatic carbocycles. The lowest BCUT2D eigenvalue weighted by atomic mass is 10.2. The van der Waals surface area contributed by atoms with E-state index in [-0.39, 0.29) is 0 Å². The maximum absolute atomic E-state index is 11.7. The average molecular weight is 378 g/mol. The number of aromatic nitrogens is 2. The van der Waals surface area contributed by atoms with Crippen LogP contribution in [0, 0.1) is 6.92 Å². The van der Waals surface area contributed by atoms with Gasteiger partial charge >= 0.3 is 5.97 Å². The lowest BCUT2D eigenvalue weighted by Crippen LogP contribution is -2.17. The van der Waals surface area contributed by atoms with Gasteiger partial charge in [-0.05, 0) is 52.2 Å². The molecule has 26 heavy (non-hydrogen) atoms. The molecule has 140 valence electrons. The van der Waals surface area contributed by atoms with Crippen molar-refractivity contribution in [1.82, 2.24) is 14.9 Å². The Morgan fingerprint density at radius 2 is 2.04 bits per heavy atom. The van der Waals surface area contributed by atoms with Crippen LogP contribution in [0.25, 0.3) is 0 Å². The zero-order chi connectivity index (χ0) is 19.1. The monoisotopic (exact) mass is 377 g/mol. The van der Waals surface area contributed by atoms with Crippen LogP contribution in [-0.2, 0) is 4.74 Å². The largest absolute Gasteiger partial charge is 0.465 e. The summed E-state index contributed by atoms with van der Waals surface area (Å²) in [6, 6.07) is 6.73. The van der Waals surface area contributed by atoms with E-state index in [2.05, 4.69) is 25.5 Å². The minimum atomic E-state index is -0.432. The number of hydrogen-bond donors (Lipinski definition) is 2. The summed E-state index contributed by atoms with van der Waals surface area (Å²) in [6.07, 6.45) is 1.01. The molecule has 0 fully saturated rings. The zero-order valence-corrected chi connectivity index (χ0v) is 16.2. The molecule has 1 aromatic heterocycles. The van der Waals surface area contributed by atoms with Crippen LogP contribution >= 0.6 is 11.6 Å². The van der Waals surface area contributed by atoms with Crippen LogP contribution in [0.2, 0.25) is 5.02 Å². The Balaban J connectivity index is 2.13. The average Bonchev–Trinajstić information content (AvgIpc) is 2.59. The van der Waals surface area contributed by atoms with Crippen LogP contribution < -0.4 is 10.6 Å². The molecule has 2 rings (SSSR count). The van der Waals surface area contributed by atoms with Crippen molar-refractivity contribution in [3.05, 3.63) is 40.5 Å². The van der Waals surface area contributed by atoms with E-state index < -0.39 is 5.97 Å². The summed E-state index contributed by atoms with van der Waals surface area (Å²) < 4.78 is 4.74. The molecule has 0 radical (unpaired) electrons. The topological polar surface area (TPSA) is 79.4 Å². The van der Waals surface area contributed by atoms with Crippen LogP contribution in [0.4, 0.5) is 17.5 Å². The van der Waals surface area contributed by atoms with Crippen molar-refractivity contribution in [3.8, 4) is 0 Å². The molecule has 0 amide bonds. The number of benzene rings is 1. The van der Waals surface area contributed by atoms with Gasteiger partial charge in [0.25, 0.3) is 0 Å². The number of halogens is 1. The minimum absolute atomic E-state index is 0.397. The molecule has 0 saturated carbocycles. The summed E-state index contributed by atoms with van der Waals surface area (Å²) in [5.74, 6) is 0.709. The molecule has 7 nitrogen and oxygen atoms in total. The number of carbonyl (C=O) groups excluding carboxylic acids is 1. The van der Waals surface area contributed by atoms with Gasteiger partial charge in [0.05, 0.1) is 23.4 Å². The van der Waals surface area contributed by atoms with Crippen molar-refractivity contribution in [2.24, 2.45) is 0 Å². The van der Waals surface area contributed by atoms with Crippen molar-refractivity contribution in [2.45, 2.75) is 13.3 Å². The summed E-state index contributed by atoms with van der Waals surface area (Å²) >= 11 is 6.22. The number of carbonyl (C=O) groups is 1. The Bertz CT molecular complexity index is 767. The zero-order valence-electron chi connectivity index (χ0n) is 15.5. The number of nitrogens with one attached hydrogen (secondary N) is 2. The second-order valence-corrected chi connectivity index (χ2v) is 6.52. The Labute approximate surface area is 158 Å². The first kappa shape index (κ1) is 19.9. The Morgan fingerprint density at radius 3 is 2.73 bits per heavy atom. The number of anilines is 3. The minimum Gasteiger partial charge on any atom is -0.465 e. The Morgan fingerprint density at radius 1 is 1.27 bits per heavy atom. The molecule has 0 aliphatic rings. The maximum atomic E-state index is 11.7. The smallest absolute Gasteiger partial charge is 0.337 e. The lowest BCUT2D eigenvalue weighted by molar-refractivity contribution is 0.0601. The SMILES string of the molecule is COC(=O)c1ccc(Cl)c(Nc2nc(C)cc(NCCCN(C)C)n2)c1. The standard InChI is InChI=1S/C18H24ClN5O2/c1-12-10-16(20-8-5-9-24(2)3)23-18(21-12)22-15-11-13(17(25)26-4)6-7-14(15)19/h6-7,10-11H,5,8-9H2,1-4H3,(H2,20,21,22,23). The van der Waals surface area contributed by atoms with Gasteiger partial charge < -0.3 is 20.3 Å². The molecule has 0 aliphatic carbocycles. The lowest BCUT2D eigenvalue weighted by Gasteiger charge is -2.13. The van der Waals surface area contributed by atoms with Crippen LogP contribution in [0.5, 0.6) is 0 Å². The number of methoxy groups -OCH3 is 1. The van der Waals surface area contributed by atoms with Gasteiger partial charge in [-0.15, -0.1) is 0 Å². The summed E-state index contributed by atoms with van der Waals surface area (Å²) in [6.45, 7) is 3.70. The predicted molar refractivity (Wildman–Crippen MR) is 105 cm³/mol. The molecule has 8 heteroatoms. The Kier molecular flexibility index (Phi) is 7.17. The normalized spacial score (nSPS) is 10.7. The quantitative estimate of drug-likeness (QED) is 0.539. The third-order valence-corrected chi connectivity index (χ3v) is 3.91. The van der Waals surface area contributed by atoms with Crippen molar-refractivity contribution >= 4 is 35.0 Å². The molecular formula is C18H24ClN5O2. The van der Waals surface area contributed by atoms with Crippen LogP contribution in [0.15, 0.2) is 24.3 Å². The maximum Gasteiger partial charge on any atom is 0.337 e. The first-order chi connectivity index (χ1) is 12.4. The van der Waals surface area contributed by atoms with Gasteiger partial charge in [0.2, 0.25) is 5.95 Å². The van der Waals surface area contributed by atoms with Gasteiger partial charge in [0.15, 0.2) is 0 Å². The third kappa shape index (κ3) is 5.86. The van der Waals surface area contributed by atoms with Crippen molar-refractivity contribution in [1.29, 1.82) is 0 Å². The second-order valence-electron chi connectivity index (χ2n) is 6.11. The highest BCUT2D eigenvalue weighted by molar-refractivity contribution is 6.33. The number of esters is 1. The molecular weight excluding hydrogens is 354 g/mol. The van der Waals surface area contributed by atoms with E-state index in [4.69, 9.17) is 16.3 Å². The first-order valence-corrected chi connectivity index (χ1v) is 8.66. The summed E-state index contributed by atoms with van der Waals surface area (Å²) in [5, 5.41) is 6.83. The van der Waals surface area contributed by atoms with Gasteiger partial charge in [-0.25, -0.2) is 9.78 Å².